The summed E-state index contributed by atoms with van der Waals surface area (Å²) in [7, 11) is 0. The van der Waals surface area contributed by atoms with Gasteiger partial charge in [-0.15, -0.1) is 0 Å². The largest absolute Gasteiger partial charge is 0.478 e. The molecule has 0 aliphatic carbocycles. The lowest BCUT2D eigenvalue weighted by atomic mass is 10.1. The number of nitrogens with zero attached hydrogens (tertiary/aromatic N) is 1. The van der Waals surface area contributed by atoms with Crippen molar-refractivity contribution in [2.75, 3.05) is 0 Å². The molecule has 0 saturated carbocycles. The molecule has 1 rings (SSSR count). The van der Waals surface area contributed by atoms with Gasteiger partial charge in [-0.25, -0.2) is 9.59 Å². The minimum atomic E-state index is -2.57. The van der Waals surface area contributed by atoms with Crippen molar-refractivity contribution >= 4 is 58.6 Å². The predicted octanol–water partition coefficient (Wildman–Crippen LogP) is 3.60. The molecule has 0 fully saturated rings. The lowest BCUT2D eigenvalue weighted by Crippen LogP contribution is -2.45. The van der Waals surface area contributed by atoms with E-state index in [4.69, 9.17) is 56.8 Å². The average Bonchev–Trinajstić information content (AvgIpc) is 2.30. The van der Waals surface area contributed by atoms with Crippen LogP contribution in [0.1, 0.15) is 5.56 Å². The highest BCUT2D eigenvalue weighted by Gasteiger charge is 2.49. The normalized spacial score (nSPS) is 13.8. The van der Waals surface area contributed by atoms with E-state index in [1.54, 1.807) is 0 Å². The van der Waals surface area contributed by atoms with Crippen LogP contribution >= 0.6 is 46.6 Å². The summed E-state index contributed by atoms with van der Waals surface area (Å²) in [5.74, 6) is -1.70. The fourth-order valence-corrected chi connectivity index (χ4v) is 2.08. The third-order valence-corrected chi connectivity index (χ3v) is 3.87. The van der Waals surface area contributed by atoms with E-state index >= 15 is 0 Å². The van der Waals surface area contributed by atoms with E-state index in [0.717, 1.165) is 0 Å². The second-order valence-corrected chi connectivity index (χ2v) is 4.76. The molecule has 0 radical (unpaired) electrons. The summed E-state index contributed by atoms with van der Waals surface area (Å²) in [6.45, 7) is 0. The molecule has 1 atom stereocenters. The summed E-state index contributed by atoms with van der Waals surface area (Å²) in [5.41, 5.74) is -0.247. The van der Waals surface area contributed by atoms with Crippen LogP contribution in [-0.2, 0) is 9.79 Å². The van der Waals surface area contributed by atoms with Gasteiger partial charge in [0.25, 0.3) is 5.00 Å². The molecular weight excluding hydrogens is 328 g/mol. The maximum atomic E-state index is 11.2. The monoisotopic (exact) mass is 331 g/mol. The third-order valence-electron chi connectivity index (χ3n) is 2.03. The Hall–Kier alpha value is -0.880. The van der Waals surface area contributed by atoms with Crippen LogP contribution in [0.3, 0.4) is 0 Å². The fourth-order valence-electron chi connectivity index (χ4n) is 1.20. The van der Waals surface area contributed by atoms with Crippen LogP contribution in [0.15, 0.2) is 18.2 Å². The number of amides is 1. The van der Waals surface area contributed by atoms with E-state index in [9.17, 15) is 9.59 Å². The van der Waals surface area contributed by atoms with E-state index in [1.165, 1.54) is 18.2 Å². The van der Waals surface area contributed by atoms with Crippen molar-refractivity contribution < 1.29 is 19.8 Å². The summed E-state index contributed by atoms with van der Waals surface area (Å²) >= 11 is 22.7. The molecule has 1 aromatic carbocycles. The molecule has 2 N–H and O–H groups in total. The third kappa shape index (κ3) is 2.44. The Morgan fingerprint density at radius 2 is 1.78 bits per heavy atom. The molecule has 0 aliphatic rings. The van der Waals surface area contributed by atoms with Gasteiger partial charge in [0, 0.05) is 17.3 Å². The lowest BCUT2D eigenvalue weighted by molar-refractivity contribution is -0.143. The van der Waals surface area contributed by atoms with Crippen LogP contribution < -0.4 is 0 Å². The van der Waals surface area contributed by atoms with Crippen molar-refractivity contribution in [3.8, 4) is 0 Å². The molecule has 0 spiro atoms. The van der Waals surface area contributed by atoms with Gasteiger partial charge in [-0.3, -0.25) is 0 Å². The van der Waals surface area contributed by atoms with Gasteiger partial charge in [-0.05, 0) is 6.07 Å². The van der Waals surface area contributed by atoms with Crippen molar-refractivity contribution in [2.45, 2.75) is 5.00 Å². The predicted molar refractivity (Wildman–Crippen MR) is 67.3 cm³/mol. The maximum absolute atomic E-state index is 11.2. The molecule has 5 nitrogen and oxygen atoms in total. The minimum Gasteiger partial charge on any atom is -0.478 e. The summed E-state index contributed by atoms with van der Waals surface area (Å²) in [6, 6.07) is 3.98. The van der Waals surface area contributed by atoms with Gasteiger partial charge in [0.15, 0.2) is 0 Å². The van der Waals surface area contributed by atoms with Crippen molar-refractivity contribution in [1.82, 2.24) is 4.42 Å². The molecular formula is C9H5Cl4NO4. The van der Waals surface area contributed by atoms with Gasteiger partial charge < -0.3 is 10.2 Å². The Morgan fingerprint density at radius 3 is 2.22 bits per heavy atom. The maximum Gasteiger partial charge on any atom is 0.424 e. The first-order chi connectivity index (χ1) is 8.22. The zero-order chi connectivity index (χ0) is 14.1. The molecule has 9 heteroatoms. The van der Waals surface area contributed by atoms with Crippen molar-refractivity contribution in [3.63, 3.8) is 0 Å². The average molecular weight is 333 g/mol. The van der Waals surface area contributed by atoms with E-state index in [0.29, 0.717) is 0 Å². The fraction of sp³-hybridized carbons (Fsp3) is 0.111. The Morgan fingerprint density at radius 1 is 1.22 bits per heavy atom. The molecule has 0 heterocycles. The number of carboxylic acids is 1. The molecule has 18 heavy (non-hydrogen) atoms. The molecule has 0 saturated heterocycles. The van der Waals surface area contributed by atoms with E-state index in [2.05, 4.69) is 0 Å². The van der Waals surface area contributed by atoms with Crippen molar-refractivity contribution in [1.29, 1.82) is 0 Å². The Labute approximate surface area is 122 Å². The van der Waals surface area contributed by atoms with Crippen LogP contribution in [0, 0.1) is 0 Å². The van der Waals surface area contributed by atoms with E-state index in [-0.39, 0.29) is 20.0 Å². The van der Waals surface area contributed by atoms with E-state index in [1.807, 2.05) is 0 Å². The van der Waals surface area contributed by atoms with E-state index < -0.39 is 17.1 Å². The number of halogens is 4. The van der Waals surface area contributed by atoms with Crippen molar-refractivity contribution in [3.05, 3.63) is 33.8 Å². The van der Waals surface area contributed by atoms with Gasteiger partial charge in [0.1, 0.15) is 0 Å². The molecule has 1 unspecified atom stereocenters. The van der Waals surface area contributed by atoms with Crippen LogP contribution in [0.2, 0.25) is 10.0 Å². The Kier molecular flexibility index (Phi) is 4.55. The topological polar surface area (TPSA) is 77.8 Å². The number of carboxylic acid groups (broad SMARTS) is 2. The number of rotatable bonds is 3. The number of benzene rings is 1. The second-order valence-electron chi connectivity index (χ2n) is 3.09. The van der Waals surface area contributed by atoms with Gasteiger partial charge in [0.2, 0.25) is 0 Å². The lowest BCUT2D eigenvalue weighted by Gasteiger charge is -2.29. The molecule has 0 aromatic heterocycles. The number of hydrogen-bond donors (Lipinski definition) is 2. The number of carbonyl (C=O) groups is 2. The zero-order valence-corrected chi connectivity index (χ0v) is 11.4. The Bertz CT molecular complexity index is 509. The molecule has 98 valence electrons. The summed E-state index contributed by atoms with van der Waals surface area (Å²) in [4.78, 5) is 19.4. The number of alkyl halides is 1. The minimum absolute atomic E-state index is 0.0240. The first-order valence-electron chi connectivity index (χ1n) is 4.28. The quantitative estimate of drug-likeness (QED) is 0.503. The summed E-state index contributed by atoms with van der Waals surface area (Å²) < 4.78 is -0.0889. The highest BCUT2D eigenvalue weighted by atomic mass is 35.5. The van der Waals surface area contributed by atoms with Gasteiger partial charge in [-0.1, -0.05) is 46.9 Å². The van der Waals surface area contributed by atoms with Crippen LogP contribution in [-0.4, -0.2) is 26.7 Å². The molecule has 1 amide bonds. The molecule has 0 bridgehead atoms. The first-order valence-corrected chi connectivity index (χ1v) is 5.75. The van der Waals surface area contributed by atoms with Crippen molar-refractivity contribution in [2.24, 2.45) is 0 Å². The first kappa shape index (κ1) is 15.2. The SMILES string of the molecule is O=C(O)N(Cl)C(Cl)(C(=O)O)c1cccc(Cl)c1Cl. The van der Waals surface area contributed by atoms with Crippen LogP contribution in [0.25, 0.3) is 0 Å². The number of aliphatic carboxylic acids is 1. The summed E-state index contributed by atoms with van der Waals surface area (Å²) in [5, 5.41) is 17.7. The smallest absolute Gasteiger partial charge is 0.424 e. The zero-order valence-electron chi connectivity index (χ0n) is 8.40. The standard InChI is InChI=1S/C9H5Cl4NO4/c10-5-3-1-2-4(6(5)11)9(12,7(15)16)14(13)8(17)18/h1-3H,(H,15,16)(H,17,18). The highest BCUT2D eigenvalue weighted by Crippen LogP contribution is 2.41. The van der Waals surface area contributed by atoms with Gasteiger partial charge >= 0.3 is 12.1 Å². The highest BCUT2D eigenvalue weighted by molar-refractivity contribution is 6.45. The Balaban J connectivity index is 3.51. The van der Waals surface area contributed by atoms with Gasteiger partial charge in [0.05, 0.1) is 10.0 Å². The molecule has 0 aliphatic heterocycles. The molecule has 1 aromatic rings. The van der Waals surface area contributed by atoms with Crippen LogP contribution in [0.4, 0.5) is 4.79 Å². The summed E-state index contributed by atoms with van der Waals surface area (Å²) in [6.07, 6.45) is -1.75. The van der Waals surface area contributed by atoms with Crippen LogP contribution in [0.5, 0.6) is 0 Å². The second kappa shape index (κ2) is 5.40. The number of hydrogen-bond acceptors (Lipinski definition) is 2. The van der Waals surface area contributed by atoms with Gasteiger partial charge in [-0.2, -0.15) is 4.42 Å².